The first kappa shape index (κ1) is 10.0. The largest absolute Gasteiger partial charge is 0.326 e. The highest BCUT2D eigenvalue weighted by Crippen LogP contribution is 2.11. The molecule has 0 saturated carbocycles. The fourth-order valence-electron chi connectivity index (χ4n) is 1.10. The smallest absolute Gasteiger partial charge is 0.227 e. The van der Waals surface area contributed by atoms with Gasteiger partial charge in [-0.1, -0.05) is 0 Å². The summed E-state index contributed by atoms with van der Waals surface area (Å²) in [5, 5.41) is 5.43. The van der Waals surface area contributed by atoms with Crippen molar-refractivity contribution in [1.82, 2.24) is 15.0 Å². The first-order chi connectivity index (χ1) is 7.88. The molecule has 1 amide bonds. The summed E-state index contributed by atoms with van der Waals surface area (Å²) >= 11 is 0. The second kappa shape index (κ2) is 4.83. The second-order valence-corrected chi connectivity index (χ2v) is 2.92. The van der Waals surface area contributed by atoms with Gasteiger partial charge >= 0.3 is 0 Å². The third-order valence-corrected chi connectivity index (χ3v) is 1.80. The lowest BCUT2D eigenvalue weighted by molar-refractivity contribution is -0.105. The van der Waals surface area contributed by atoms with Crippen molar-refractivity contribution in [3.05, 3.63) is 36.9 Å². The molecule has 80 valence electrons. The van der Waals surface area contributed by atoms with E-state index in [-0.39, 0.29) is 0 Å². The summed E-state index contributed by atoms with van der Waals surface area (Å²) in [5.74, 6) is 0.449. The SMILES string of the molecule is O=CNc1cnc(Nc2cccnc2)nc1. The van der Waals surface area contributed by atoms with Crippen molar-refractivity contribution in [2.75, 3.05) is 10.6 Å². The van der Waals surface area contributed by atoms with Gasteiger partial charge in [-0.2, -0.15) is 0 Å². The Kier molecular flexibility index (Phi) is 3.03. The molecule has 2 aromatic rings. The molecule has 0 unspecified atom stereocenters. The summed E-state index contributed by atoms with van der Waals surface area (Å²) in [5.41, 5.74) is 1.35. The van der Waals surface area contributed by atoms with Crippen LogP contribution in [0, 0.1) is 0 Å². The molecule has 2 rings (SSSR count). The number of aromatic nitrogens is 3. The van der Waals surface area contributed by atoms with Gasteiger partial charge in [0, 0.05) is 6.20 Å². The van der Waals surface area contributed by atoms with Gasteiger partial charge < -0.3 is 10.6 Å². The highest BCUT2D eigenvalue weighted by molar-refractivity contribution is 5.70. The van der Waals surface area contributed by atoms with E-state index in [1.165, 1.54) is 12.4 Å². The summed E-state index contributed by atoms with van der Waals surface area (Å²) < 4.78 is 0. The summed E-state index contributed by atoms with van der Waals surface area (Å²) in [4.78, 5) is 22.2. The number of nitrogens with zero attached hydrogens (tertiary/aromatic N) is 3. The lowest BCUT2D eigenvalue weighted by Gasteiger charge is -2.03. The van der Waals surface area contributed by atoms with E-state index in [1.54, 1.807) is 12.4 Å². The predicted molar refractivity (Wildman–Crippen MR) is 59.2 cm³/mol. The number of hydrogen-bond acceptors (Lipinski definition) is 5. The molecular weight excluding hydrogens is 206 g/mol. The van der Waals surface area contributed by atoms with Gasteiger partial charge in [-0.3, -0.25) is 9.78 Å². The second-order valence-electron chi connectivity index (χ2n) is 2.92. The molecule has 0 spiro atoms. The third kappa shape index (κ3) is 2.50. The number of carbonyl (C=O) groups is 1. The van der Waals surface area contributed by atoms with Crippen molar-refractivity contribution < 1.29 is 4.79 Å². The number of hydrogen-bond donors (Lipinski definition) is 2. The summed E-state index contributed by atoms with van der Waals surface area (Å²) in [7, 11) is 0. The molecular formula is C10H9N5O. The Labute approximate surface area is 91.8 Å². The minimum absolute atomic E-state index is 0.449. The Morgan fingerprint density at radius 2 is 1.94 bits per heavy atom. The van der Waals surface area contributed by atoms with Crippen molar-refractivity contribution in [2.45, 2.75) is 0 Å². The summed E-state index contributed by atoms with van der Waals surface area (Å²) in [6.07, 6.45) is 6.96. The van der Waals surface area contributed by atoms with Gasteiger partial charge in [0.05, 0.1) is 30.0 Å². The fourth-order valence-corrected chi connectivity index (χ4v) is 1.10. The Hall–Kier alpha value is -2.50. The van der Waals surface area contributed by atoms with Crippen molar-refractivity contribution in [2.24, 2.45) is 0 Å². The fraction of sp³-hybridized carbons (Fsp3) is 0. The van der Waals surface area contributed by atoms with Crippen LogP contribution in [0.1, 0.15) is 0 Å². The van der Waals surface area contributed by atoms with Gasteiger partial charge in [0.2, 0.25) is 12.4 Å². The number of carbonyl (C=O) groups excluding carboxylic acids is 1. The van der Waals surface area contributed by atoms with Crippen LogP contribution in [0.15, 0.2) is 36.9 Å². The molecule has 0 fully saturated rings. The highest BCUT2D eigenvalue weighted by Gasteiger charge is 1.97. The van der Waals surface area contributed by atoms with Crippen LogP contribution in [0.4, 0.5) is 17.3 Å². The first-order valence-corrected chi connectivity index (χ1v) is 4.58. The van der Waals surface area contributed by atoms with Crippen LogP contribution >= 0.6 is 0 Å². The zero-order valence-electron chi connectivity index (χ0n) is 8.29. The van der Waals surface area contributed by atoms with Crippen LogP contribution in [0.2, 0.25) is 0 Å². The maximum atomic E-state index is 10.2. The molecule has 0 atom stereocenters. The average Bonchev–Trinajstić information content (AvgIpc) is 2.33. The Morgan fingerprint density at radius 1 is 1.12 bits per heavy atom. The van der Waals surface area contributed by atoms with Crippen LogP contribution in [0.25, 0.3) is 0 Å². The lowest BCUT2D eigenvalue weighted by atomic mass is 10.4. The van der Waals surface area contributed by atoms with E-state index in [2.05, 4.69) is 25.6 Å². The number of nitrogens with one attached hydrogen (secondary N) is 2. The molecule has 6 heteroatoms. The molecule has 0 radical (unpaired) electrons. The van der Waals surface area contributed by atoms with Gasteiger partial charge in [-0.15, -0.1) is 0 Å². The number of rotatable bonds is 4. The normalized spacial score (nSPS) is 9.50. The minimum atomic E-state index is 0.449. The highest BCUT2D eigenvalue weighted by atomic mass is 16.1. The lowest BCUT2D eigenvalue weighted by Crippen LogP contribution is -1.99. The maximum absolute atomic E-state index is 10.2. The quantitative estimate of drug-likeness (QED) is 0.748. The molecule has 6 nitrogen and oxygen atoms in total. The Balaban J connectivity index is 2.08. The molecule has 0 bridgehead atoms. The van der Waals surface area contributed by atoms with Gasteiger partial charge in [0.25, 0.3) is 0 Å². The van der Waals surface area contributed by atoms with Crippen molar-refractivity contribution in [3.63, 3.8) is 0 Å². The van der Waals surface area contributed by atoms with E-state index >= 15 is 0 Å². The van der Waals surface area contributed by atoms with E-state index in [0.717, 1.165) is 5.69 Å². The molecule has 0 aromatic carbocycles. The molecule has 2 aromatic heterocycles. The first-order valence-electron chi connectivity index (χ1n) is 4.58. The molecule has 2 N–H and O–H groups in total. The van der Waals surface area contributed by atoms with Crippen LogP contribution in [0.5, 0.6) is 0 Å². The van der Waals surface area contributed by atoms with E-state index < -0.39 is 0 Å². The minimum Gasteiger partial charge on any atom is -0.326 e. The van der Waals surface area contributed by atoms with Gasteiger partial charge in [0.15, 0.2) is 0 Å². The predicted octanol–water partition coefficient (Wildman–Crippen LogP) is 1.18. The molecule has 0 aliphatic rings. The number of amides is 1. The standard InChI is InChI=1S/C10H9N5O/c16-7-14-9-5-12-10(13-6-9)15-8-2-1-3-11-4-8/h1-7H,(H,14,16)(H,12,13,15). The summed E-state index contributed by atoms with van der Waals surface area (Å²) in [6, 6.07) is 3.67. The molecule has 0 aliphatic carbocycles. The van der Waals surface area contributed by atoms with Crippen molar-refractivity contribution >= 4 is 23.7 Å². The molecule has 0 saturated heterocycles. The molecule has 2 heterocycles. The monoisotopic (exact) mass is 215 g/mol. The Bertz CT molecular complexity index is 456. The summed E-state index contributed by atoms with van der Waals surface area (Å²) in [6.45, 7) is 0. The van der Waals surface area contributed by atoms with Crippen molar-refractivity contribution in [1.29, 1.82) is 0 Å². The zero-order valence-corrected chi connectivity index (χ0v) is 8.29. The molecule has 0 aliphatic heterocycles. The third-order valence-electron chi connectivity index (χ3n) is 1.80. The molecule has 16 heavy (non-hydrogen) atoms. The van der Waals surface area contributed by atoms with Gasteiger partial charge in [-0.05, 0) is 12.1 Å². The average molecular weight is 215 g/mol. The zero-order chi connectivity index (χ0) is 11.2. The number of pyridine rings is 1. The number of anilines is 3. The van der Waals surface area contributed by atoms with E-state index in [4.69, 9.17) is 0 Å². The maximum Gasteiger partial charge on any atom is 0.227 e. The van der Waals surface area contributed by atoms with Gasteiger partial charge in [0.1, 0.15) is 0 Å². The van der Waals surface area contributed by atoms with E-state index in [9.17, 15) is 4.79 Å². The van der Waals surface area contributed by atoms with E-state index in [0.29, 0.717) is 18.0 Å². The van der Waals surface area contributed by atoms with E-state index in [1.807, 2.05) is 12.1 Å². The van der Waals surface area contributed by atoms with Gasteiger partial charge in [-0.25, -0.2) is 9.97 Å². The Morgan fingerprint density at radius 3 is 2.56 bits per heavy atom. The van der Waals surface area contributed by atoms with Crippen LogP contribution in [-0.2, 0) is 4.79 Å². The van der Waals surface area contributed by atoms with Crippen molar-refractivity contribution in [3.8, 4) is 0 Å². The topological polar surface area (TPSA) is 79.8 Å². The van der Waals surface area contributed by atoms with Crippen LogP contribution in [-0.4, -0.2) is 21.4 Å². The van der Waals surface area contributed by atoms with Crippen LogP contribution < -0.4 is 10.6 Å². The van der Waals surface area contributed by atoms with Crippen LogP contribution in [0.3, 0.4) is 0 Å².